The second kappa shape index (κ2) is 7.70. The first-order valence-corrected chi connectivity index (χ1v) is 4.88. The van der Waals surface area contributed by atoms with Crippen LogP contribution >= 0.6 is 0 Å². The maximum absolute atomic E-state index is 12.6. The minimum absolute atomic E-state index is 0. The molecule has 1 rings (SSSR count). The van der Waals surface area contributed by atoms with Crippen molar-refractivity contribution in [1.82, 2.24) is 0 Å². The molecule has 4 nitrogen and oxygen atoms in total. The summed E-state index contributed by atoms with van der Waals surface area (Å²) in [6.45, 7) is 0. The summed E-state index contributed by atoms with van der Waals surface area (Å²) in [5.41, 5.74) is 0.190. The normalized spacial score (nSPS) is 10.6. The Kier molecular flexibility index (Phi) is 7.02. The van der Waals surface area contributed by atoms with E-state index in [9.17, 15) is 19.1 Å². The Bertz CT molecular complexity index is 454. The SMILES string of the molecule is O=C(O)CC/C([O-])=C/C(=O)c1ccc(F)cc1.[Li+]. The molecule has 0 radical (unpaired) electrons. The van der Waals surface area contributed by atoms with E-state index >= 15 is 0 Å². The van der Waals surface area contributed by atoms with Crippen molar-refractivity contribution in [3.05, 3.63) is 47.5 Å². The predicted octanol–water partition coefficient (Wildman–Crippen LogP) is -1.88. The number of aliphatic carboxylic acids is 1. The zero-order valence-electron chi connectivity index (χ0n) is 9.85. The summed E-state index contributed by atoms with van der Waals surface area (Å²) in [5.74, 6) is -2.68. The quantitative estimate of drug-likeness (QED) is 0.285. The minimum Gasteiger partial charge on any atom is -0.875 e. The van der Waals surface area contributed by atoms with Crippen LogP contribution in [0.4, 0.5) is 4.39 Å². The van der Waals surface area contributed by atoms with Gasteiger partial charge in [-0.2, -0.15) is 0 Å². The first-order valence-electron chi connectivity index (χ1n) is 4.88. The number of allylic oxidation sites excluding steroid dienone is 2. The van der Waals surface area contributed by atoms with E-state index in [1.54, 1.807) is 0 Å². The van der Waals surface area contributed by atoms with Gasteiger partial charge in [-0.25, -0.2) is 4.39 Å². The Labute approximate surface area is 115 Å². The molecule has 6 heteroatoms. The van der Waals surface area contributed by atoms with Crippen LogP contribution in [0.15, 0.2) is 36.1 Å². The Hall–Kier alpha value is -1.57. The molecule has 0 aliphatic heterocycles. The van der Waals surface area contributed by atoms with Crippen molar-refractivity contribution in [2.75, 3.05) is 0 Å². The number of carbonyl (C=O) groups excluding carboxylic acids is 1. The van der Waals surface area contributed by atoms with Gasteiger partial charge in [0.2, 0.25) is 0 Å². The molecule has 0 fully saturated rings. The molecule has 1 aromatic rings. The van der Waals surface area contributed by atoms with Crippen LogP contribution in [0.1, 0.15) is 23.2 Å². The van der Waals surface area contributed by atoms with Crippen LogP contribution < -0.4 is 24.0 Å². The van der Waals surface area contributed by atoms with E-state index in [-0.39, 0.29) is 37.3 Å². The molecule has 1 aromatic carbocycles. The van der Waals surface area contributed by atoms with Crippen LogP contribution in [0.2, 0.25) is 0 Å². The van der Waals surface area contributed by atoms with E-state index < -0.39 is 23.3 Å². The van der Waals surface area contributed by atoms with Crippen molar-refractivity contribution in [3.63, 3.8) is 0 Å². The Balaban J connectivity index is 0.00000289. The Morgan fingerprint density at radius 3 is 2.28 bits per heavy atom. The molecular formula is C12H10FLiO4. The monoisotopic (exact) mass is 244 g/mol. The summed E-state index contributed by atoms with van der Waals surface area (Å²) in [4.78, 5) is 21.7. The first kappa shape index (κ1) is 16.4. The third-order valence-corrected chi connectivity index (χ3v) is 2.01. The van der Waals surface area contributed by atoms with Crippen LogP contribution in [0.3, 0.4) is 0 Å². The topological polar surface area (TPSA) is 77.4 Å². The van der Waals surface area contributed by atoms with E-state index in [0.717, 1.165) is 18.2 Å². The van der Waals surface area contributed by atoms with Gasteiger partial charge in [-0.1, -0.05) is 0 Å². The number of hydrogen-bond acceptors (Lipinski definition) is 3. The molecule has 18 heavy (non-hydrogen) atoms. The van der Waals surface area contributed by atoms with E-state index in [1.165, 1.54) is 12.1 Å². The fourth-order valence-corrected chi connectivity index (χ4v) is 1.15. The standard InChI is InChI=1S/C12H11FO4.Li/c13-9-3-1-8(2-4-9)11(15)7-10(14)5-6-12(16)17;/h1-4,7,14H,5-6H2,(H,16,17);/q;+1/p-1/b10-7-;. The summed E-state index contributed by atoms with van der Waals surface area (Å²) >= 11 is 0. The molecule has 0 spiro atoms. The third-order valence-electron chi connectivity index (χ3n) is 2.01. The molecule has 0 heterocycles. The van der Waals surface area contributed by atoms with Crippen molar-refractivity contribution in [1.29, 1.82) is 0 Å². The van der Waals surface area contributed by atoms with Gasteiger partial charge >= 0.3 is 24.8 Å². The number of rotatable bonds is 5. The molecule has 0 unspecified atom stereocenters. The first-order chi connectivity index (χ1) is 7.99. The van der Waals surface area contributed by atoms with Crippen LogP contribution in [0.25, 0.3) is 0 Å². The van der Waals surface area contributed by atoms with Crippen LogP contribution in [0.5, 0.6) is 0 Å². The van der Waals surface area contributed by atoms with Gasteiger partial charge in [0.1, 0.15) is 5.82 Å². The maximum atomic E-state index is 12.6. The number of benzene rings is 1. The predicted molar refractivity (Wildman–Crippen MR) is 55.7 cm³/mol. The fraction of sp³-hybridized carbons (Fsp3) is 0.167. The van der Waals surface area contributed by atoms with Gasteiger partial charge in [0.05, 0.1) is 0 Å². The molecule has 0 saturated heterocycles. The molecule has 0 amide bonds. The Morgan fingerprint density at radius 2 is 1.78 bits per heavy atom. The smallest absolute Gasteiger partial charge is 0.875 e. The number of carboxylic acid groups (broad SMARTS) is 1. The average molecular weight is 244 g/mol. The van der Waals surface area contributed by atoms with Crippen molar-refractivity contribution in [3.8, 4) is 0 Å². The van der Waals surface area contributed by atoms with Crippen LogP contribution in [-0.4, -0.2) is 16.9 Å². The van der Waals surface area contributed by atoms with E-state index in [0.29, 0.717) is 0 Å². The molecule has 90 valence electrons. The summed E-state index contributed by atoms with van der Waals surface area (Å²) in [6, 6.07) is 4.75. The number of hydrogen-bond donors (Lipinski definition) is 1. The van der Waals surface area contributed by atoms with Gasteiger partial charge in [-0.3, -0.25) is 9.59 Å². The summed E-state index contributed by atoms with van der Waals surface area (Å²) in [6.07, 6.45) is 0.296. The average Bonchev–Trinajstić information content (AvgIpc) is 2.27. The second-order valence-electron chi connectivity index (χ2n) is 3.38. The number of ketones is 1. The summed E-state index contributed by atoms with van der Waals surface area (Å²) in [7, 11) is 0. The van der Waals surface area contributed by atoms with Crippen molar-refractivity contribution >= 4 is 11.8 Å². The number of carbonyl (C=O) groups is 2. The van der Waals surface area contributed by atoms with Gasteiger partial charge in [0, 0.05) is 12.0 Å². The maximum Gasteiger partial charge on any atom is 1.00 e. The van der Waals surface area contributed by atoms with Crippen molar-refractivity contribution in [2.24, 2.45) is 0 Å². The molecule has 0 atom stereocenters. The number of carboxylic acids is 1. The van der Waals surface area contributed by atoms with Gasteiger partial charge < -0.3 is 10.2 Å². The molecule has 0 aliphatic rings. The van der Waals surface area contributed by atoms with E-state index in [2.05, 4.69) is 0 Å². The zero-order valence-corrected chi connectivity index (χ0v) is 9.85. The zero-order chi connectivity index (χ0) is 12.8. The van der Waals surface area contributed by atoms with Gasteiger partial charge in [0.25, 0.3) is 0 Å². The summed E-state index contributed by atoms with van der Waals surface area (Å²) in [5, 5.41) is 19.5. The van der Waals surface area contributed by atoms with Gasteiger partial charge in [-0.15, -0.1) is 5.76 Å². The van der Waals surface area contributed by atoms with Crippen molar-refractivity contribution in [2.45, 2.75) is 12.8 Å². The van der Waals surface area contributed by atoms with Crippen LogP contribution in [-0.2, 0) is 4.79 Å². The van der Waals surface area contributed by atoms with Crippen LogP contribution in [0, 0.1) is 5.82 Å². The van der Waals surface area contributed by atoms with E-state index in [4.69, 9.17) is 5.11 Å². The largest absolute Gasteiger partial charge is 1.00 e. The molecule has 0 saturated carbocycles. The second-order valence-corrected chi connectivity index (χ2v) is 3.38. The Morgan fingerprint density at radius 1 is 1.22 bits per heavy atom. The molecule has 0 aromatic heterocycles. The minimum atomic E-state index is -1.10. The summed E-state index contributed by atoms with van der Waals surface area (Å²) < 4.78 is 12.6. The third kappa shape index (κ3) is 5.67. The molecule has 0 aliphatic carbocycles. The molecule has 0 bridgehead atoms. The number of halogens is 1. The molecule has 1 N–H and O–H groups in total. The van der Waals surface area contributed by atoms with Crippen molar-refractivity contribution < 1.29 is 43.1 Å². The molecular weight excluding hydrogens is 234 g/mol. The van der Waals surface area contributed by atoms with Gasteiger partial charge in [0.15, 0.2) is 5.78 Å². The van der Waals surface area contributed by atoms with Gasteiger partial charge in [-0.05, 0) is 36.8 Å². The fourth-order valence-electron chi connectivity index (χ4n) is 1.15. The van der Waals surface area contributed by atoms with E-state index in [1.807, 2.05) is 0 Å².